The van der Waals surface area contributed by atoms with Gasteiger partial charge in [0.25, 0.3) is 0 Å². The van der Waals surface area contributed by atoms with E-state index in [0.29, 0.717) is 24.9 Å². The zero-order valence-electron chi connectivity index (χ0n) is 10.7. The number of nitrogens with one attached hydrogen (secondary N) is 2. The molecule has 0 radical (unpaired) electrons. The lowest BCUT2D eigenvalue weighted by molar-refractivity contribution is -0.132. The van der Waals surface area contributed by atoms with Crippen LogP contribution in [0.1, 0.15) is 46.0 Å². The van der Waals surface area contributed by atoms with E-state index in [4.69, 9.17) is 0 Å². The second-order valence-corrected chi connectivity index (χ2v) is 5.86. The Bertz CT molecular complexity index is 329. The topological polar surface area (TPSA) is 58.2 Å². The smallest absolute Gasteiger partial charge is 0.228 e. The van der Waals surface area contributed by atoms with Gasteiger partial charge in [0.15, 0.2) is 0 Å². The van der Waals surface area contributed by atoms with Crippen LogP contribution in [0.15, 0.2) is 0 Å². The Morgan fingerprint density at radius 3 is 2.71 bits per heavy atom. The van der Waals surface area contributed by atoms with Gasteiger partial charge in [-0.3, -0.25) is 9.59 Å². The minimum absolute atomic E-state index is 0.0145. The molecule has 0 spiro atoms. The zero-order valence-corrected chi connectivity index (χ0v) is 10.7. The molecule has 2 amide bonds. The highest BCUT2D eigenvalue weighted by Gasteiger charge is 2.41. The van der Waals surface area contributed by atoms with Crippen molar-refractivity contribution < 1.29 is 9.59 Å². The van der Waals surface area contributed by atoms with Crippen LogP contribution in [-0.2, 0) is 9.59 Å². The summed E-state index contributed by atoms with van der Waals surface area (Å²) < 4.78 is 0. The molecule has 0 bridgehead atoms. The van der Waals surface area contributed by atoms with Crippen molar-refractivity contribution in [3.05, 3.63) is 0 Å². The average molecular weight is 238 g/mol. The van der Waals surface area contributed by atoms with Crippen LogP contribution in [0.3, 0.4) is 0 Å². The first-order valence-corrected chi connectivity index (χ1v) is 6.59. The van der Waals surface area contributed by atoms with Gasteiger partial charge < -0.3 is 10.6 Å². The molecule has 1 saturated carbocycles. The quantitative estimate of drug-likeness (QED) is 0.759. The highest BCUT2D eigenvalue weighted by molar-refractivity contribution is 5.92. The third-order valence-electron chi connectivity index (χ3n) is 4.20. The largest absolute Gasteiger partial charge is 0.355 e. The summed E-state index contributed by atoms with van der Waals surface area (Å²) in [5.74, 6) is 0.579. The first-order chi connectivity index (χ1) is 8.01. The fourth-order valence-corrected chi connectivity index (χ4v) is 2.81. The van der Waals surface area contributed by atoms with E-state index in [1.54, 1.807) is 0 Å². The van der Waals surface area contributed by atoms with Crippen LogP contribution in [0.5, 0.6) is 0 Å². The predicted octanol–water partition coefficient (Wildman–Crippen LogP) is 1.21. The highest BCUT2D eigenvalue weighted by atomic mass is 16.2. The first-order valence-electron chi connectivity index (χ1n) is 6.59. The number of hydrogen-bond acceptors (Lipinski definition) is 2. The summed E-state index contributed by atoms with van der Waals surface area (Å²) in [6, 6.07) is 0.295. The summed E-state index contributed by atoms with van der Waals surface area (Å²) in [4.78, 5) is 23.5. The van der Waals surface area contributed by atoms with Crippen molar-refractivity contribution in [2.45, 2.75) is 52.0 Å². The van der Waals surface area contributed by atoms with Crippen LogP contribution in [0.2, 0.25) is 0 Å². The van der Waals surface area contributed by atoms with E-state index in [1.165, 1.54) is 19.3 Å². The molecule has 0 aromatic heterocycles. The number of amides is 2. The van der Waals surface area contributed by atoms with Crippen molar-refractivity contribution in [2.75, 3.05) is 6.54 Å². The standard InChI is InChI=1S/C13H22N2O2/c1-9-5-3-4-6-10(9)15-12(17)13(2)7-11(16)14-8-13/h9-10H,3-8H2,1-2H3,(H,14,16)(H,15,17). The molecule has 1 aliphatic heterocycles. The molecule has 1 heterocycles. The molecule has 4 nitrogen and oxygen atoms in total. The highest BCUT2D eigenvalue weighted by Crippen LogP contribution is 2.28. The van der Waals surface area contributed by atoms with Gasteiger partial charge in [-0.05, 0) is 25.7 Å². The van der Waals surface area contributed by atoms with E-state index >= 15 is 0 Å². The second-order valence-electron chi connectivity index (χ2n) is 5.86. The lowest BCUT2D eigenvalue weighted by Crippen LogP contribution is -2.48. The first kappa shape index (κ1) is 12.4. The summed E-state index contributed by atoms with van der Waals surface area (Å²) in [6.07, 6.45) is 5.05. The van der Waals surface area contributed by atoms with Gasteiger partial charge in [0.2, 0.25) is 11.8 Å². The van der Waals surface area contributed by atoms with Crippen LogP contribution in [0, 0.1) is 11.3 Å². The Morgan fingerprint density at radius 1 is 1.41 bits per heavy atom. The van der Waals surface area contributed by atoms with Gasteiger partial charge in [-0.25, -0.2) is 0 Å². The van der Waals surface area contributed by atoms with Crippen LogP contribution in [0.25, 0.3) is 0 Å². The van der Waals surface area contributed by atoms with Crippen LogP contribution in [0.4, 0.5) is 0 Å². The molecule has 2 rings (SSSR count). The van der Waals surface area contributed by atoms with E-state index in [9.17, 15) is 9.59 Å². The lowest BCUT2D eigenvalue weighted by Gasteiger charge is -2.32. The van der Waals surface area contributed by atoms with Crippen LogP contribution < -0.4 is 10.6 Å². The van der Waals surface area contributed by atoms with Crippen molar-refractivity contribution in [1.29, 1.82) is 0 Å². The zero-order chi connectivity index (χ0) is 12.5. The van der Waals surface area contributed by atoms with Crippen molar-refractivity contribution in [3.63, 3.8) is 0 Å². The maximum Gasteiger partial charge on any atom is 0.228 e. The molecule has 0 aromatic carbocycles. The molecule has 3 unspecified atom stereocenters. The molecule has 96 valence electrons. The normalized spacial score (nSPS) is 37.6. The molecular weight excluding hydrogens is 216 g/mol. The molecule has 2 fully saturated rings. The van der Waals surface area contributed by atoms with Crippen LogP contribution in [-0.4, -0.2) is 24.4 Å². The lowest BCUT2D eigenvalue weighted by atomic mass is 9.83. The third-order valence-corrected chi connectivity index (χ3v) is 4.20. The molecule has 1 saturated heterocycles. The minimum atomic E-state index is -0.547. The summed E-state index contributed by atoms with van der Waals surface area (Å²) in [6.45, 7) is 4.54. The molecule has 17 heavy (non-hydrogen) atoms. The second kappa shape index (κ2) is 4.67. The predicted molar refractivity (Wildman–Crippen MR) is 65.3 cm³/mol. The maximum absolute atomic E-state index is 12.2. The summed E-state index contributed by atoms with van der Waals surface area (Å²) >= 11 is 0. The molecule has 3 atom stereocenters. The van der Waals surface area contributed by atoms with Crippen molar-refractivity contribution >= 4 is 11.8 Å². The number of hydrogen-bond donors (Lipinski definition) is 2. The molecule has 2 aliphatic rings. The summed E-state index contributed by atoms with van der Waals surface area (Å²) in [5, 5.41) is 5.88. The molecule has 1 aliphatic carbocycles. The van der Waals surface area contributed by atoms with Gasteiger partial charge in [0.05, 0.1) is 5.41 Å². The minimum Gasteiger partial charge on any atom is -0.355 e. The maximum atomic E-state index is 12.2. The molecular formula is C13H22N2O2. The van der Waals surface area contributed by atoms with E-state index in [0.717, 1.165) is 6.42 Å². The average Bonchev–Trinajstić information content (AvgIpc) is 2.63. The Morgan fingerprint density at radius 2 is 2.12 bits per heavy atom. The van der Waals surface area contributed by atoms with E-state index < -0.39 is 5.41 Å². The molecule has 0 aromatic rings. The Labute approximate surface area is 103 Å². The Hall–Kier alpha value is -1.06. The van der Waals surface area contributed by atoms with Crippen molar-refractivity contribution in [2.24, 2.45) is 11.3 Å². The van der Waals surface area contributed by atoms with Crippen molar-refractivity contribution in [1.82, 2.24) is 10.6 Å². The Balaban J connectivity index is 1.94. The fraction of sp³-hybridized carbons (Fsp3) is 0.846. The monoisotopic (exact) mass is 238 g/mol. The molecule has 4 heteroatoms. The SMILES string of the molecule is CC1CCCCC1NC(=O)C1(C)CNC(=O)C1. The number of carbonyl (C=O) groups is 2. The van der Waals surface area contributed by atoms with Gasteiger partial charge in [-0.15, -0.1) is 0 Å². The van der Waals surface area contributed by atoms with Crippen LogP contribution >= 0.6 is 0 Å². The van der Waals surface area contributed by atoms with Gasteiger partial charge in [-0.2, -0.15) is 0 Å². The van der Waals surface area contributed by atoms with E-state index in [-0.39, 0.29) is 11.8 Å². The van der Waals surface area contributed by atoms with Gasteiger partial charge in [0.1, 0.15) is 0 Å². The van der Waals surface area contributed by atoms with Gasteiger partial charge >= 0.3 is 0 Å². The Kier molecular flexibility index (Phi) is 3.40. The van der Waals surface area contributed by atoms with Gasteiger partial charge in [-0.1, -0.05) is 19.8 Å². The summed E-state index contributed by atoms with van der Waals surface area (Å²) in [5.41, 5.74) is -0.547. The van der Waals surface area contributed by atoms with E-state index in [1.807, 2.05) is 6.92 Å². The molecule has 2 N–H and O–H groups in total. The van der Waals surface area contributed by atoms with Gasteiger partial charge in [0, 0.05) is 19.0 Å². The van der Waals surface area contributed by atoms with E-state index in [2.05, 4.69) is 17.6 Å². The third kappa shape index (κ3) is 2.61. The summed E-state index contributed by atoms with van der Waals surface area (Å²) in [7, 11) is 0. The number of carbonyl (C=O) groups excluding carboxylic acids is 2. The number of rotatable bonds is 2. The fourth-order valence-electron chi connectivity index (χ4n) is 2.81. The van der Waals surface area contributed by atoms with Crippen molar-refractivity contribution in [3.8, 4) is 0 Å².